The van der Waals surface area contributed by atoms with Crippen molar-refractivity contribution in [2.45, 2.75) is 122 Å². The monoisotopic (exact) mass is 522 g/mol. The van der Waals surface area contributed by atoms with Crippen molar-refractivity contribution >= 4 is 22.4 Å². The highest BCUT2D eigenvalue weighted by atomic mass is 28.4. The Morgan fingerprint density at radius 3 is 2.14 bits per heavy atom. The van der Waals surface area contributed by atoms with E-state index in [4.69, 9.17) is 8.85 Å². The van der Waals surface area contributed by atoms with Crippen molar-refractivity contribution in [3.05, 3.63) is 11.6 Å². The van der Waals surface area contributed by atoms with E-state index < -0.39 is 33.9 Å². The molecule has 4 rings (SSSR count). The van der Waals surface area contributed by atoms with Gasteiger partial charge in [-0.15, -0.1) is 0 Å². The van der Waals surface area contributed by atoms with Crippen LogP contribution in [0.25, 0.3) is 0 Å². The quantitative estimate of drug-likeness (QED) is 0.474. The Labute approximate surface area is 215 Å². The lowest BCUT2D eigenvalue weighted by Crippen LogP contribution is -2.62. The molecule has 0 aromatic heterocycles. The number of rotatable bonds is 4. The van der Waals surface area contributed by atoms with Crippen LogP contribution in [0.1, 0.15) is 61.3 Å². The van der Waals surface area contributed by atoms with Crippen LogP contribution in [0.3, 0.4) is 0 Å². The second kappa shape index (κ2) is 7.85. The molecule has 0 amide bonds. The molecule has 0 aromatic rings. The van der Waals surface area contributed by atoms with Gasteiger partial charge in [-0.1, -0.05) is 48.5 Å². The van der Waals surface area contributed by atoms with Crippen molar-refractivity contribution < 1.29 is 23.9 Å². The van der Waals surface area contributed by atoms with Crippen LogP contribution in [-0.2, 0) is 13.6 Å². The van der Waals surface area contributed by atoms with E-state index in [1.165, 1.54) is 0 Å². The van der Waals surface area contributed by atoms with Crippen LogP contribution >= 0.6 is 0 Å². The number of allylic oxidation sites excluding steroid dienone is 1. The summed E-state index contributed by atoms with van der Waals surface area (Å²) in [7, 11) is -4.39. The first-order chi connectivity index (χ1) is 15.6. The molecule has 4 aliphatic rings. The van der Waals surface area contributed by atoms with E-state index in [0.717, 1.165) is 6.42 Å². The highest BCUT2D eigenvalue weighted by Gasteiger charge is 2.76. The molecule has 0 spiro atoms. The van der Waals surface area contributed by atoms with E-state index in [-0.39, 0.29) is 46.5 Å². The van der Waals surface area contributed by atoms with Gasteiger partial charge in [0.2, 0.25) is 0 Å². The zero-order valence-corrected chi connectivity index (χ0v) is 26.2. The standard InChI is InChI=1S/C28H50O5Si2/c1-16-13-19-21(26(19,6)7)22-23(32-35(11,12)25(3,4)5)17(2)24(30)27(31)15-18(29)14-20(27)28(16,22)33-34(8,9)10/h14,16-17,19,21-24,30-31H,13,15H2,1-12H3/t16-,17+,19-,21+,22-,23-,24-,27+,28+/m1/s1. The van der Waals surface area contributed by atoms with E-state index in [1.54, 1.807) is 6.08 Å². The fourth-order valence-electron chi connectivity index (χ4n) is 7.78. The minimum absolute atomic E-state index is 0.00697. The zero-order chi connectivity index (χ0) is 26.7. The van der Waals surface area contributed by atoms with E-state index in [0.29, 0.717) is 17.4 Å². The molecule has 200 valence electrons. The maximum Gasteiger partial charge on any atom is 0.192 e. The van der Waals surface area contributed by atoms with E-state index in [1.807, 2.05) is 6.92 Å². The van der Waals surface area contributed by atoms with E-state index in [2.05, 4.69) is 74.3 Å². The minimum Gasteiger partial charge on any atom is -0.413 e. The Balaban J connectivity index is 2.02. The van der Waals surface area contributed by atoms with E-state index in [9.17, 15) is 15.0 Å². The highest BCUT2D eigenvalue weighted by Crippen LogP contribution is 2.74. The van der Waals surface area contributed by atoms with Crippen LogP contribution in [0.4, 0.5) is 0 Å². The van der Waals surface area contributed by atoms with Gasteiger partial charge in [0, 0.05) is 18.3 Å². The molecular weight excluding hydrogens is 472 g/mol. The lowest BCUT2D eigenvalue weighted by atomic mass is 9.62. The molecule has 3 saturated carbocycles. The number of hydrogen-bond donors (Lipinski definition) is 2. The van der Waals surface area contributed by atoms with Gasteiger partial charge < -0.3 is 19.1 Å². The number of carbonyl (C=O) groups excluding carboxylic acids is 1. The molecule has 2 N–H and O–H groups in total. The van der Waals surface area contributed by atoms with Gasteiger partial charge in [-0.05, 0) is 79.0 Å². The Morgan fingerprint density at radius 2 is 1.63 bits per heavy atom. The second-order valence-corrected chi connectivity index (χ2v) is 24.6. The molecule has 5 nitrogen and oxygen atoms in total. The molecule has 0 unspecified atom stereocenters. The first-order valence-electron chi connectivity index (χ1n) is 13.6. The summed E-state index contributed by atoms with van der Waals surface area (Å²) in [5, 5.41) is 24.0. The molecule has 0 aromatic carbocycles. The maximum absolute atomic E-state index is 12.9. The summed E-state index contributed by atoms with van der Waals surface area (Å²) in [6, 6.07) is 0. The molecule has 9 atom stereocenters. The fraction of sp³-hybridized carbons (Fsp3) is 0.893. The summed E-state index contributed by atoms with van der Waals surface area (Å²) >= 11 is 0. The first-order valence-corrected chi connectivity index (χ1v) is 20.0. The van der Waals surface area contributed by atoms with Crippen molar-refractivity contribution in [3.63, 3.8) is 0 Å². The van der Waals surface area contributed by atoms with Gasteiger partial charge in [0.25, 0.3) is 0 Å². The minimum atomic E-state index is -2.23. The Kier molecular flexibility index (Phi) is 6.22. The van der Waals surface area contributed by atoms with Crippen molar-refractivity contribution in [1.82, 2.24) is 0 Å². The summed E-state index contributed by atoms with van der Waals surface area (Å²) in [6.07, 6.45) is 1.22. The van der Waals surface area contributed by atoms with Crippen LogP contribution in [-0.4, -0.2) is 56.0 Å². The van der Waals surface area contributed by atoms with Gasteiger partial charge in [-0.3, -0.25) is 4.79 Å². The molecule has 0 aliphatic heterocycles. The molecule has 4 aliphatic carbocycles. The predicted octanol–water partition coefficient (Wildman–Crippen LogP) is 5.54. The molecule has 0 saturated heterocycles. The average molecular weight is 523 g/mol. The fourth-order valence-corrected chi connectivity index (χ4v) is 10.6. The maximum atomic E-state index is 12.9. The van der Waals surface area contributed by atoms with Crippen LogP contribution in [0.15, 0.2) is 11.6 Å². The molecule has 0 radical (unpaired) electrons. The molecule has 3 fully saturated rings. The SMILES string of the molecule is C[C@H]1[C@@H](O[Si](C)(C)C(C)(C)C)[C@H]2[C@@H]3[C@@H](C[C@@H](C)[C@]2(O[Si](C)(C)C)C2=CC(=O)C[C@@]2(O)[C@@H]1O)C3(C)C. The third-order valence-corrected chi connectivity index (χ3v) is 16.0. The Morgan fingerprint density at radius 1 is 1.06 bits per heavy atom. The highest BCUT2D eigenvalue weighted by molar-refractivity contribution is 6.74. The van der Waals surface area contributed by atoms with Gasteiger partial charge in [-0.2, -0.15) is 0 Å². The second-order valence-electron chi connectivity index (χ2n) is 15.4. The molecule has 0 bridgehead atoms. The number of aliphatic hydroxyl groups is 2. The average Bonchev–Trinajstić information content (AvgIpc) is 3.05. The predicted molar refractivity (Wildman–Crippen MR) is 145 cm³/mol. The van der Waals surface area contributed by atoms with Crippen LogP contribution in [0.5, 0.6) is 0 Å². The molecular formula is C28H50O5Si2. The van der Waals surface area contributed by atoms with Crippen molar-refractivity contribution in [2.24, 2.45) is 35.0 Å². The smallest absolute Gasteiger partial charge is 0.192 e. The molecule has 0 heterocycles. The van der Waals surface area contributed by atoms with Gasteiger partial charge >= 0.3 is 0 Å². The van der Waals surface area contributed by atoms with Crippen molar-refractivity contribution in [3.8, 4) is 0 Å². The first kappa shape index (κ1) is 27.7. The third-order valence-electron chi connectivity index (χ3n) is 10.6. The van der Waals surface area contributed by atoms with Gasteiger partial charge in [-0.25, -0.2) is 0 Å². The molecule has 7 heteroatoms. The van der Waals surface area contributed by atoms with Crippen LogP contribution < -0.4 is 0 Å². The lowest BCUT2D eigenvalue weighted by Gasteiger charge is -2.56. The van der Waals surface area contributed by atoms with Gasteiger partial charge in [0.15, 0.2) is 22.4 Å². The lowest BCUT2D eigenvalue weighted by molar-refractivity contribution is -0.124. The summed E-state index contributed by atoms with van der Waals surface area (Å²) in [6.45, 7) is 26.9. The van der Waals surface area contributed by atoms with Gasteiger partial charge in [0.1, 0.15) is 5.60 Å². The van der Waals surface area contributed by atoms with Crippen molar-refractivity contribution in [1.29, 1.82) is 0 Å². The number of aliphatic hydroxyl groups excluding tert-OH is 1. The van der Waals surface area contributed by atoms with Crippen molar-refractivity contribution in [2.75, 3.05) is 0 Å². The summed E-state index contributed by atoms with van der Waals surface area (Å²) in [5.41, 5.74) is -1.66. The normalized spacial score (nSPS) is 45.3. The number of carbonyl (C=O) groups is 1. The number of ketones is 1. The summed E-state index contributed by atoms with van der Waals surface area (Å²) < 4.78 is 14.6. The Bertz CT molecular complexity index is 929. The summed E-state index contributed by atoms with van der Waals surface area (Å²) in [4.78, 5) is 12.9. The Hall–Kier alpha value is -0.316. The number of hydrogen-bond acceptors (Lipinski definition) is 5. The topological polar surface area (TPSA) is 76.0 Å². The van der Waals surface area contributed by atoms with E-state index >= 15 is 0 Å². The van der Waals surface area contributed by atoms with Gasteiger partial charge in [0.05, 0.1) is 17.8 Å². The molecule has 35 heavy (non-hydrogen) atoms. The van der Waals surface area contributed by atoms with Crippen LogP contribution in [0, 0.1) is 35.0 Å². The van der Waals surface area contributed by atoms with Crippen LogP contribution in [0.2, 0.25) is 37.8 Å². The zero-order valence-electron chi connectivity index (χ0n) is 24.2. The third kappa shape index (κ3) is 3.94. The summed E-state index contributed by atoms with van der Waals surface area (Å²) in [5.74, 6) is 0.553. The largest absolute Gasteiger partial charge is 0.413 e. The number of fused-ring (bicyclic) bond motifs is 5.